The normalized spacial score (nSPS) is 10.3. The quantitative estimate of drug-likeness (QED) is 0.549. The molecule has 0 saturated carbocycles. The third-order valence-corrected chi connectivity index (χ3v) is 2.73. The van der Waals surface area contributed by atoms with Gasteiger partial charge in [-0.15, -0.1) is 0 Å². The monoisotopic (exact) mass is 250 g/mol. The highest BCUT2D eigenvalue weighted by atomic mass is 16.5. The van der Waals surface area contributed by atoms with Crippen molar-refractivity contribution in [2.75, 3.05) is 26.0 Å². The molecule has 0 atom stereocenters. The molecule has 0 unspecified atom stereocenters. The van der Waals surface area contributed by atoms with Crippen LogP contribution in [0.25, 0.3) is 0 Å². The molecule has 0 aliphatic rings. The number of rotatable bonds is 8. The molecule has 18 heavy (non-hydrogen) atoms. The Morgan fingerprint density at radius 1 is 1.17 bits per heavy atom. The highest BCUT2D eigenvalue weighted by molar-refractivity contribution is 5.94. The zero-order chi connectivity index (χ0) is 13.2. The number of methoxy groups -OCH3 is 1. The average molecular weight is 250 g/mol. The molecule has 0 fully saturated rings. The zero-order valence-electron chi connectivity index (χ0n) is 10.9. The number of amides is 1. The molecule has 0 radical (unpaired) electrons. The summed E-state index contributed by atoms with van der Waals surface area (Å²) in [5.41, 5.74) is 6.89. The highest BCUT2D eigenvalue weighted by Gasteiger charge is 2.03. The molecule has 0 spiro atoms. The number of hydrogen-bond acceptors (Lipinski definition) is 3. The molecular weight excluding hydrogens is 228 g/mol. The summed E-state index contributed by atoms with van der Waals surface area (Å²) in [6.07, 6.45) is 4.35. The van der Waals surface area contributed by atoms with Gasteiger partial charge in [0, 0.05) is 31.5 Å². The zero-order valence-corrected chi connectivity index (χ0v) is 10.9. The number of nitrogens with two attached hydrogens (primary N) is 1. The predicted molar refractivity (Wildman–Crippen MR) is 73.5 cm³/mol. The Morgan fingerprint density at radius 3 is 2.50 bits per heavy atom. The summed E-state index contributed by atoms with van der Waals surface area (Å²) in [5, 5.41) is 2.90. The van der Waals surface area contributed by atoms with Crippen molar-refractivity contribution in [2.24, 2.45) is 0 Å². The second kappa shape index (κ2) is 8.53. The van der Waals surface area contributed by atoms with Gasteiger partial charge in [0.05, 0.1) is 0 Å². The Hall–Kier alpha value is -1.55. The molecular formula is C14H22N2O2. The number of benzene rings is 1. The second-order valence-electron chi connectivity index (χ2n) is 4.28. The molecule has 1 amide bonds. The number of hydrogen-bond donors (Lipinski definition) is 2. The maximum atomic E-state index is 11.7. The van der Waals surface area contributed by atoms with E-state index in [0.29, 0.717) is 11.3 Å². The number of carbonyl (C=O) groups excluding carboxylic acids is 1. The van der Waals surface area contributed by atoms with Gasteiger partial charge in [-0.3, -0.25) is 4.79 Å². The van der Waals surface area contributed by atoms with Crippen LogP contribution in [0.1, 0.15) is 36.0 Å². The van der Waals surface area contributed by atoms with Crippen LogP contribution in [-0.2, 0) is 4.74 Å². The lowest BCUT2D eigenvalue weighted by Crippen LogP contribution is -2.24. The van der Waals surface area contributed by atoms with Crippen LogP contribution in [0.5, 0.6) is 0 Å². The first-order valence-electron chi connectivity index (χ1n) is 6.36. The van der Waals surface area contributed by atoms with Crippen molar-refractivity contribution >= 4 is 11.6 Å². The molecule has 0 aromatic heterocycles. The Bertz CT molecular complexity index is 349. The Balaban J connectivity index is 2.12. The predicted octanol–water partition coefficient (Wildman–Crippen LogP) is 2.21. The van der Waals surface area contributed by atoms with Gasteiger partial charge in [-0.2, -0.15) is 0 Å². The van der Waals surface area contributed by atoms with Crippen molar-refractivity contribution < 1.29 is 9.53 Å². The standard InChI is InChI=1S/C14H22N2O2/c1-18-11-5-3-2-4-10-16-14(17)12-6-8-13(15)9-7-12/h6-9H,2-5,10-11,15H2,1H3,(H,16,17). The first kappa shape index (κ1) is 14.5. The summed E-state index contributed by atoms with van der Waals surface area (Å²) in [6.45, 7) is 1.54. The fourth-order valence-corrected chi connectivity index (χ4v) is 1.66. The molecule has 100 valence electrons. The smallest absolute Gasteiger partial charge is 0.251 e. The first-order valence-corrected chi connectivity index (χ1v) is 6.36. The van der Waals surface area contributed by atoms with E-state index >= 15 is 0 Å². The summed E-state index contributed by atoms with van der Waals surface area (Å²) in [7, 11) is 1.72. The molecule has 4 heteroatoms. The lowest BCUT2D eigenvalue weighted by Gasteiger charge is -2.05. The third kappa shape index (κ3) is 5.68. The largest absolute Gasteiger partial charge is 0.399 e. The minimum Gasteiger partial charge on any atom is -0.399 e. The van der Waals surface area contributed by atoms with Crippen molar-refractivity contribution in [3.63, 3.8) is 0 Å². The minimum absolute atomic E-state index is 0.0353. The average Bonchev–Trinajstić information content (AvgIpc) is 2.38. The van der Waals surface area contributed by atoms with Gasteiger partial charge >= 0.3 is 0 Å². The molecule has 1 aromatic carbocycles. The van der Waals surface area contributed by atoms with Crippen LogP contribution in [0.2, 0.25) is 0 Å². The lowest BCUT2D eigenvalue weighted by molar-refractivity contribution is 0.0953. The van der Waals surface area contributed by atoms with Gasteiger partial charge in [0.2, 0.25) is 0 Å². The van der Waals surface area contributed by atoms with Crippen LogP contribution < -0.4 is 11.1 Å². The van der Waals surface area contributed by atoms with Crippen LogP contribution in [0.4, 0.5) is 5.69 Å². The Kier molecular flexibility index (Phi) is 6.87. The van der Waals surface area contributed by atoms with Gasteiger partial charge < -0.3 is 15.8 Å². The van der Waals surface area contributed by atoms with Crippen molar-refractivity contribution in [3.8, 4) is 0 Å². The third-order valence-electron chi connectivity index (χ3n) is 2.73. The minimum atomic E-state index is -0.0353. The number of carbonyl (C=O) groups is 1. The van der Waals surface area contributed by atoms with Crippen molar-refractivity contribution in [1.29, 1.82) is 0 Å². The van der Waals surface area contributed by atoms with Crippen LogP contribution in [0.3, 0.4) is 0 Å². The van der Waals surface area contributed by atoms with Crippen molar-refractivity contribution in [3.05, 3.63) is 29.8 Å². The molecule has 0 bridgehead atoms. The van der Waals surface area contributed by atoms with Gasteiger partial charge in [-0.25, -0.2) is 0 Å². The fraction of sp³-hybridized carbons (Fsp3) is 0.500. The van der Waals surface area contributed by atoms with E-state index in [1.165, 1.54) is 0 Å². The van der Waals surface area contributed by atoms with E-state index in [2.05, 4.69) is 5.32 Å². The van der Waals surface area contributed by atoms with Crippen LogP contribution in [-0.4, -0.2) is 26.2 Å². The topological polar surface area (TPSA) is 64.3 Å². The van der Waals surface area contributed by atoms with E-state index in [4.69, 9.17) is 10.5 Å². The van der Waals surface area contributed by atoms with E-state index in [9.17, 15) is 4.79 Å². The summed E-state index contributed by atoms with van der Waals surface area (Å²) >= 11 is 0. The SMILES string of the molecule is COCCCCCCNC(=O)c1ccc(N)cc1. The molecule has 0 heterocycles. The van der Waals surface area contributed by atoms with Gasteiger partial charge in [-0.05, 0) is 37.1 Å². The fourth-order valence-electron chi connectivity index (χ4n) is 1.66. The molecule has 0 saturated heterocycles. The van der Waals surface area contributed by atoms with E-state index < -0.39 is 0 Å². The molecule has 4 nitrogen and oxygen atoms in total. The van der Waals surface area contributed by atoms with Crippen LogP contribution >= 0.6 is 0 Å². The Labute approximate surface area is 109 Å². The summed E-state index contributed by atoms with van der Waals surface area (Å²) in [4.78, 5) is 11.7. The van der Waals surface area contributed by atoms with E-state index in [1.54, 1.807) is 31.4 Å². The van der Waals surface area contributed by atoms with Gasteiger partial charge in [-0.1, -0.05) is 12.8 Å². The van der Waals surface area contributed by atoms with Gasteiger partial charge in [0.1, 0.15) is 0 Å². The van der Waals surface area contributed by atoms with Gasteiger partial charge in [0.15, 0.2) is 0 Å². The second-order valence-corrected chi connectivity index (χ2v) is 4.28. The first-order chi connectivity index (χ1) is 8.74. The van der Waals surface area contributed by atoms with Crippen LogP contribution in [0.15, 0.2) is 24.3 Å². The molecule has 1 rings (SSSR count). The van der Waals surface area contributed by atoms with E-state index in [-0.39, 0.29) is 5.91 Å². The highest BCUT2D eigenvalue weighted by Crippen LogP contribution is 2.05. The number of nitrogen functional groups attached to an aromatic ring is 1. The van der Waals surface area contributed by atoms with Gasteiger partial charge in [0.25, 0.3) is 5.91 Å². The van der Waals surface area contributed by atoms with Crippen molar-refractivity contribution in [1.82, 2.24) is 5.32 Å². The molecule has 0 aliphatic carbocycles. The van der Waals surface area contributed by atoms with E-state index in [0.717, 1.165) is 38.8 Å². The number of anilines is 1. The molecule has 0 aliphatic heterocycles. The Morgan fingerprint density at radius 2 is 1.83 bits per heavy atom. The van der Waals surface area contributed by atoms with Crippen LogP contribution in [0, 0.1) is 0 Å². The summed E-state index contributed by atoms with van der Waals surface area (Å²) in [6, 6.07) is 6.95. The number of nitrogens with one attached hydrogen (secondary N) is 1. The maximum Gasteiger partial charge on any atom is 0.251 e. The number of unbranched alkanes of at least 4 members (excludes halogenated alkanes) is 3. The van der Waals surface area contributed by atoms with Crippen molar-refractivity contribution in [2.45, 2.75) is 25.7 Å². The molecule has 1 aromatic rings. The van der Waals surface area contributed by atoms with E-state index in [1.807, 2.05) is 0 Å². The summed E-state index contributed by atoms with van der Waals surface area (Å²) < 4.78 is 4.97. The number of ether oxygens (including phenoxy) is 1. The maximum absolute atomic E-state index is 11.7. The summed E-state index contributed by atoms with van der Waals surface area (Å²) in [5.74, 6) is -0.0353. The lowest BCUT2D eigenvalue weighted by atomic mass is 10.2. The molecule has 3 N–H and O–H groups in total.